The summed E-state index contributed by atoms with van der Waals surface area (Å²) in [6.07, 6.45) is 0.298. The second-order valence-electron chi connectivity index (χ2n) is 7.06. The van der Waals surface area contributed by atoms with E-state index in [0.29, 0.717) is 12.4 Å². The van der Waals surface area contributed by atoms with Crippen molar-refractivity contribution in [1.82, 2.24) is 14.3 Å². The van der Waals surface area contributed by atoms with Crippen LogP contribution in [0.5, 0.6) is 0 Å². The number of sulfonamides is 1. The number of anilines is 1. The summed E-state index contributed by atoms with van der Waals surface area (Å²) in [6.45, 7) is 0.147. The molecule has 1 aliphatic heterocycles. The van der Waals surface area contributed by atoms with Gasteiger partial charge in [0, 0.05) is 6.54 Å². The van der Waals surface area contributed by atoms with Crippen molar-refractivity contribution in [2.24, 2.45) is 0 Å². The molecule has 1 amide bonds. The first-order valence-electron chi connectivity index (χ1n) is 9.40. The Morgan fingerprint density at radius 2 is 1.83 bits per heavy atom. The van der Waals surface area contributed by atoms with Crippen molar-refractivity contribution in [3.63, 3.8) is 0 Å². The molecular formula is C21H18N4O3S2. The Hall–Kier alpha value is -3.01. The summed E-state index contributed by atoms with van der Waals surface area (Å²) in [7, 11) is -3.81. The van der Waals surface area contributed by atoms with Crippen LogP contribution in [0.2, 0.25) is 0 Å². The van der Waals surface area contributed by atoms with Crippen LogP contribution in [0, 0.1) is 0 Å². The van der Waals surface area contributed by atoms with E-state index in [1.807, 2.05) is 48.5 Å². The maximum atomic E-state index is 13.3. The van der Waals surface area contributed by atoms with E-state index in [4.69, 9.17) is 0 Å². The lowest BCUT2D eigenvalue weighted by molar-refractivity contribution is -0.120. The molecule has 4 aromatic rings. The highest BCUT2D eigenvalue weighted by Gasteiger charge is 2.40. The zero-order valence-corrected chi connectivity index (χ0v) is 17.4. The third kappa shape index (κ3) is 3.30. The maximum absolute atomic E-state index is 13.3. The van der Waals surface area contributed by atoms with E-state index in [9.17, 15) is 13.2 Å². The van der Waals surface area contributed by atoms with E-state index in [1.54, 1.807) is 17.5 Å². The standard InChI is InChI=1S/C21H18N4O3S2/c26-20(24-21-22-16-8-3-4-9-17(16)23-21)18-12-14-6-1-2-7-15(14)13-25(18)30(27,28)19-10-5-11-29-19/h1-11,18H,12-13H2,(H2,22,23,24,26). The first-order chi connectivity index (χ1) is 14.5. The van der Waals surface area contributed by atoms with Gasteiger partial charge in [0.05, 0.1) is 11.0 Å². The number of aromatic nitrogens is 2. The molecule has 30 heavy (non-hydrogen) atoms. The number of imidazole rings is 1. The molecule has 0 saturated carbocycles. The fraction of sp³-hybridized carbons (Fsp3) is 0.143. The van der Waals surface area contributed by atoms with E-state index >= 15 is 0 Å². The number of hydrogen-bond acceptors (Lipinski definition) is 5. The lowest BCUT2D eigenvalue weighted by atomic mass is 9.95. The zero-order chi connectivity index (χ0) is 20.7. The largest absolute Gasteiger partial charge is 0.324 e. The van der Waals surface area contributed by atoms with E-state index in [0.717, 1.165) is 33.5 Å². The molecule has 1 atom stereocenters. The highest BCUT2D eigenvalue weighted by molar-refractivity contribution is 7.91. The Kier molecular flexibility index (Phi) is 4.65. The number of H-pyrrole nitrogens is 1. The van der Waals surface area contributed by atoms with Gasteiger partial charge in [-0.25, -0.2) is 13.4 Å². The Morgan fingerprint density at radius 1 is 1.07 bits per heavy atom. The number of fused-ring (bicyclic) bond motifs is 2. The summed E-state index contributed by atoms with van der Waals surface area (Å²) >= 11 is 1.15. The fourth-order valence-corrected chi connectivity index (χ4v) is 6.40. The lowest BCUT2D eigenvalue weighted by Crippen LogP contribution is -2.50. The van der Waals surface area contributed by atoms with Gasteiger partial charge in [0.15, 0.2) is 0 Å². The number of para-hydroxylation sites is 2. The van der Waals surface area contributed by atoms with Crippen LogP contribution in [0.25, 0.3) is 11.0 Å². The topological polar surface area (TPSA) is 95.2 Å². The van der Waals surface area contributed by atoms with Crippen LogP contribution in [-0.2, 0) is 27.8 Å². The second-order valence-corrected chi connectivity index (χ2v) is 10.1. The molecule has 0 saturated heterocycles. The van der Waals surface area contributed by atoms with Gasteiger partial charge in [-0.1, -0.05) is 42.5 Å². The number of nitrogens with zero attached hydrogens (tertiary/aromatic N) is 2. The molecule has 5 rings (SSSR count). The summed E-state index contributed by atoms with van der Waals surface area (Å²) < 4.78 is 28.1. The Balaban J connectivity index is 1.50. The van der Waals surface area contributed by atoms with Crippen LogP contribution >= 0.6 is 11.3 Å². The zero-order valence-electron chi connectivity index (χ0n) is 15.8. The number of thiophene rings is 1. The molecule has 1 aliphatic rings. The van der Waals surface area contributed by atoms with Gasteiger partial charge in [0.2, 0.25) is 11.9 Å². The van der Waals surface area contributed by atoms with Gasteiger partial charge in [0.1, 0.15) is 10.3 Å². The number of carbonyl (C=O) groups is 1. The highest BCUT2D eigenvalue weighted by Crippen LogP contribution is 2.31. The predicted molar refractivity (Wildman–Crippen MR) is 116 cm³/mol. The maximum Gasteiger partial charge on any atom is 0.253 e. The first kappa shape index (κ1) is 19.0. The van der Waals surface area contributed by atoms with Crippen LogP contribution in [0.4, 0.5) is 5.95 Å². The van der Waals surface area contributed by atoms with Crippen molar-refractivity contribution < 1.29 is 13.2 Å². The van der Waals surface area contributed by atoms with E-state index in [1.165, 1.54) is 4.31 Å². The molecular weight excluding hydrogens is 420 g/mol. The summed E-state index contributed by atoms with van der Waals surface area (Å²) in [4.78, 5) is 20.6. The average Bonchev–Trinajstić information content (AvgIpc) is 3.42. The van der Waals surface area contributed by atoms with Crippen LogP contribution in [0.1, 0.15) is 11.1 Å². The molecule has 0 radical (unpaired) electrons. The van der Waals surface area contributed by atoms with Crippen LogP contribution in [-0.4, -0.2) is 34.6 Å². The van der Waals surface area contributed by atoms with Crippen LogP contribution < -0.4 is 5.32 Å². The smallest absolute Gasteiger partial charge is 0.253 e. The van der Waals surface area contributed by atoms with Crippen molar-refractivity contribution in [1.29, 1.82) is 0 Å². The normalized spacial score (nSPS) is 17.0. The molecule has 7 nitrogen and oxygen atoms in total. The molecule has 2 N–H and O–H groups in total. The van der Waals surface area contributed by atoms with Gasteiger partial charge in [-0.2, -0.15) is 4.31 Å². The third-order valence-electron chi connectivity index (χ3n) is 5.20. The van der Waals surface area contributed by atoms with Gasteiger partial charge in [-0.3, -0.25) is 10.1 Å². The Labute approximate surface area is 177 Å². The molecule has 9 heteroatoms. The SMILES string of the molecule is O=C(Nc1nc2ccccc2[nH]1)C1Cc2ccccc2CN1S(=O)(=O)c1cccs1. The molecule has 1 unspecified atom stereocenters. The van der Waals surface area contributed by atoms with Crippen LogP contribution in [0.15, 0.2) is 70.3 Å². The average molecular weight is 439 g/mol. The van der Waals surface area contributed by atoms with Crippen LogP contribution in [0.3, 0.4) is 0 Å². The number of nitrogens with one attached hydrogen (secondary N) is 2. The minimum Gasteiger partial charge on any atom is -0.324 e. The van der Waals surface area contributed by atoms with Gasteiger partial charge >= 0.3 is 0 Å². The molecule has 0 aliphatic carbocycles. The number of benzene rings is 2. The molecule has 2 aromatic heterocycles. The van der Waals surface area contributed by atoms with E-state index in [2.05, 4.69) is 15.3 Å². The van der Waals surface area contributed by atoms with E-state index in [-0.39, 0.29) is 10.8 Å². The summed E-state index contributed by atoms with van der Waals surface area (Å²) in [6, 6.07) is 17.4. The van der Waals surface area contributed by atoms with Crippen molar-refractivity contribution in [2.45, 2.75) is 23.2 Å². The molecule has 0 bridgehead atoms. The van der Waals surface area contributed by atoms with Crippen molar-refractivity contribution >= 4 is 44.2 Å². The third-order valence-corrected chi connectivity index (χ3v) is 8.42. The van der Waals surface area contributed by atoms with Gasteiger partial charge in [-0.15, -0.1) is 11.3 Å². The minimum absolute atomic E-state index is 0.147. The predicted octanol–water partition coefficient (Wildman–Crippen LogP) is 3.38. The van der Waals surface area contributed by atoms with Crippen molar-refractivity contribution in [3.05, 3.63) is 77.2 Å². The highest BCUT2D eigenvalue weighted by atomic mass is 32.2. The van der Waals surface area contributed by atoms with Crippen molar-refractivity contribution in [3.8, 4) is 0 Å². The first-order valence-corrected chi connectivity index (χ1v) is 11.7. The second kappa shape index (κ2) is 7.35. The lowest BCUT2D eigenvalue weighted by Gasteiger charge is -2.34. The molecule has 152 valence electrons. The Bertz CT molecular complexity index is 1300. The fourth-order valence-electron chi connectivity index (χ4n) is 3.71. The van der Waals surface area contributed by atoms with Gasteiger partial charge < -0.3 is 4.98 Å². The summed E-state index contributed by atoms with van der Waals surface area (Å²) in [5.74, 6) is -0.114. The summed E-state index contributed by atoms with van der Waals surface area (Å²) in [5, 5.41) is 4.49. The van der Waals surface area contributed by atoms with Gasteiger partial charge in [0.25, 0.3) is 10.0 Å². The molecule has 0 fully saturated rings. The number of amides is 1. The quantitative estimate of drug-likeness (QED) is 0.511. The van der Waals surface area contributed by atoms with Gasteiger partial charge in [-0.05, 0) is 41.1 Å². The Morgan fingerprint density at radius 3 is 2.60 bits per heavy atom. The van der Waals surface area contributed by atoms with Crippen molar-refractivity contribution in [2.75, 3.05) is 5.32 Å². The number of aromatic amines is 1. The summed E-state index contributed by atoms with van der Waals surface area (Å²) in [5.41, 5.74) is 3.40. The number of carbonyl (C=O) groups excluding carboxylic acids is 1. The number of hydrogen-bond donors (Lipinski definition) is 2. The monoisotopic (exact) mass is 438 g/mol. The minimum atomic E-state index is -3.81. The van der Waals surface area contributed by atoms with E-state index < -0.39 is 22.0 Å². The molecule has 3 heterocycles. The number of rotatable bonds is 4. The molecule has 0 spiro atoms. The molecule has 2 aromatic carbocycles.